The number of carboxylic acid groups (broad SMARTS) is 1. The second-order valence-corrected chi connectivity index (χ2v) is 5.03. The third kappa shape index (κ3) is 2.78. The fourth-order valence-corrected chi connectivity index (χ4v) is 2.54. The van der Waals surface area contributed by atoms with Gasteiger partial charge in [-0.15, -0.1) is 0 Å². The largest absolute Gasteiger partial charge is 0.493 e. The molecule has 0 amide bonds. The van der Waals surface area contributed by atoms with Crippen LogP contribution in [0.25, 0.3) is 0 Å². The van der Waals surface area contributed by atoms with Crippen LogP contribution in [0.2, 0.25) is 5.02 Å². The molecule has 2 aromatic rings. The van der Waals surface area contributed by atoms with Crippen molar-refractivity contribution in [3.8, 4) is 11.5 Å². The van der Waals surface area contributed by atoms with Gasteiger partial charge in [0.1, 0.15) is 12.4 Å². The zero-order valence-electron chi connectivity index (χ0n) is 11.0. The van der Waals surface area contributed by atoms with E-state index in [4.69, 9.17) is 26.2 Å². The second-order valence-electron chi connectivity index (χ2n) is 4.60. The fraction of sp³-hybridized carbons (Fsp3) is 0.200. The van der Waals surface area contributed by atoms with Crippen LogP contribution in [0.3, 0.4) is 0 Å². The highest BCUT2D eigenvalue weighted by molar-refractivity contribution is 6.30. The molecule has 0 fully saturated rings. The summed E-state index contributed by atoms with van der Waals surface area (Å²) in [5, 5.41) is 9.69. The molecule has 1 aromatic carbocycles. The summed E-state index contributed by atoms with van der Waals surface area (Å²) in [6, 6.07) is 6.84. The van der Waals surface area contributed by atoms with Gasteiger partial charge in [0.05, 0.1) is 6.61 Å². The van der Waals surface area contributed by atoms with E-state index in [1.807, 2.05) is 6.07 Å². The van der Waals surface area contributed by atoms with Crippen molar-refractivity contribution in [1.82, 2.24) is 4.98 Å². The predicted octanol–water partition coefficient (Wildman–Crippen LogP) is 2.95. The van der Waals surface area contributed by atoms with Crippen molar-refractivity contribution in [3.63, 3.8) is 0 Å². The molecule has 5 nitrogen and oxygen atoms in total. The number of rotatable bonds is 4. The fourth-order valence-electron chi connectivity index (χ4n) is 2.28. The molecule has 1 aromatic heterocycles. The van der Waals surface area contributed by atoms with Gasteiger partial charge >= 0.3 is 5.97 Å². The Morgan fingerprint density at radius 2 is 2.33 bits per heavy atom. The van der Waals surface area contributed by atoms with Gasteiger partial charge < -0.3 is 14.6 Å². The Kier molecular flexibility index (Phi) is 3.66. The minimum Gasteiger partial charge on any atom is -0.493 e. The molecule has 1 aliphatic heterocycles. The number of hydrogen-bond acceptors (Lipinski definition) is 4. The number of carbonyl (C=O) groups is 1. The highest BCUT2D eigenvalue weighted by Crippen LogP contribution is 2.33. The molecule has 0 atom stereocenters. The normalized spacial score (nSPS) is 12.6. The van der Waals surface area contributed by atoms with Crippen LogP contribution in [0.5, 0.6) is 11.5 Å². The SMILES string of the molecule is O=C(O)c1ncccc1OCc1cc(Cl)cc2c1OCC2. The van der Waals surface area contributed by atoms with E-state index in [0.29, 0.717) is 11.6 Å². The number of nitrogens with zero attached hydrogens (tertiary/aromatic N) is 1. The van der Waals surface area contributed by atoms with Crippen LogP contribution in [-0.4, -0.2) is 22.7 Å². The summed E-state index contributed by atoms with van der Waals surface area (Å²) in [5.41, 5.74) is 1.73. The molecule has 0 aliphatic carbocycles. The van der Waals surface area contributed by atoms with Crippen LogP contribution in [-0.2, 0) is 13.0 Å². The number of halogens is 1. The summed E-state index contributed by atoms with van der Waals surface area (Å²) >= 11 is 6.07. The van der Waals surface area contributed by atoms with E-state index < -0.39 is 5.97 Å². The number of fused-ring (bicyclic) bond motifs is 1. The molecule has 0 radical (unpaired) electrons. The Morgan fingerprint density at radius 1 is 1.48 bits per heavy atom. The maximum Gasteiger partial charge on any atom is 0.358 e. The van der Waals surface area contributed by atoms with E-state index in [9.17, 15) is 4.79 Å². The van der Waals surface area contributed by atoms with E-state index >= 15 is 0 Å². The number of carboxylic acids is 1. The first-order valence-electron chi connectivity index (χ1n) is 6.40. The smallest absolute Gasteiger partial charge is 0.358 e. The molecule has 6 heteroatoms. The molecule has 3 rings (SSSR count). The van der Waals surface area contributed by atoms with E-state index in [0.717, 1.165) is 23.3 Å². The van der Waals surface area contributed by atoms with Crippen molar-refractivity contribution in [2.24, 2.45) is 0 Å². The Balaban J connectivity index is 1.85. The summed E-state index contributed by atoms with van der Waals surface area (Å²) in [6.45, 7) is 0.796. The van der Waals surface area contributed by atoms with Crippen molar-refractivity contribution in [2.45, 2.75) is 13.0 Å². The molecule has 21 heavy (non-hydrogen) atoms. The minimum absolute atomic E-state index is 0.114. The lowest BCUT2D eigenvalue weighted by molar-refractivity contribution is 0.0685. The lowest BCUT2D eigenvalue weighted by atomic mass is 10.1. The van der Waals surface area contributed by atoms with Crippen molar-refractivity contribution in [1.29, 1.82) is 0 Å². The average Bonchev–Trinajstić information content (AvgIpc) is 2.93. The zero-order valence-corrected chi connectivity index (χ0v) is 11.8. The minimum atomic E-state index is -1.13. The van der Waals surface area contributed by atoms with Crippen molar-refractivity contribution < 1.29 is 19.4 Å². The monoisotopic (exact) mass is 305 g/mol. The molecular formula is C15H12ClNO4. The summed E-state index contributed by atoms with van der Waals surface area (Å²) in [7, 11) is 0. The first-order valence-corrected chi connectivity index (χ1v) is 6.78. The van der Waals surface area contributed by atoms with Gasteiger partial charge in [0.25, 0.3) is 0 Å². The first kappa shape index (κ1) is 13.7. The van der Waals surface area contributed by atoms with Crippen LogP contribution in [0.1, 0.15) is 21.6 Å². The molecule has 1 aliphatic rings. The lowest BCUT2D eigenvalue weighted by Crippen LogP contribution is -2.06. The third-order valence-electron chi connectivity index (χ3n) is 3.18. The van der Waals surface area contributed by atoms with Gasteiger partial charge in [0.15, 0.2) is 11.4 Å². The second kappa shape index (κ2) is 5.61. The molecule has 0 spiro atoms. The van der Waals surface area contributed by atoms with E-state index in [-0.39, 0.29) is 18.1 Å². The summed E-state index contributed by atoms with van der Waals surface area (Å²) < 4.78 is 11.2. The van der Waals surface area contributed by atoms with Gasteiger partial charge in [-0.2, -0.15) is 0 Å². The van der Waals surface area contributed by atoms with Crippen molar-refractivity contribution in [3.05, 3.63) is 52.3 Å². The Bertz CT molecular complexity index is 702. The van der Waals surface area contributed by atoms with Crippen molar-refractivity contribution >= 4 is 17.6 Å². The molecule has 1 N–H and O–H groups in total. The molecule has 0 saturated heterocycles. The van der Waals surface area contributed by atoms with E-state index in [2.05, 4.69) is 4.98 Å². The van der Waals surface area contributed by atoms with Gasteiger partial charge in [-0.3, -0.25) is 0 Å². The molecule has 0 unspecified atom stereocenters. The van der Waals surface area contributed by atoms with Gasteiger partial charge in [-0.25, -0.2) is 9.78 Å². The predicted molar refractivity (Wildman–Crippen MR) is 76.2 cm³/mol. The first-order chi connectivity index (χ1) is 10.1. The number of aromatic nitrogens is 1. The quantitative estimate of drug-likeness (QED) is 0.940. The summed E-state index contributed by atoms with van der Waals surface area (Å²) in [4.78, 5) is 14.9. The number of ether oxygens (including phenoxy) is 2. The molecule has 108 valence electrons. The molecule has 0 saturated carbocycles. The van der Waals surface area contributed by atoms with Crippen LogP contribution in [0.4, 0.5) is 0 Å². The van der Waals surface area contributed by atoms with E-state index in [1.54, 1.807) is 18.2 Å². The molecular weight excluding hydrogens is 294 g/mol. The van der Waals surface area contributed by atoms with Gasteiger partial charge in [-0.1, -0.05) is 11.6 Å². The standard InChI is InChI=1S/C15H12ClNO4/c16-11-6-9-3-5-20-14(9)10(7-11)8-21-12-2-1-4-17-13(12)15(18)19/h1-2,4,6-7H,3,5,8H2,(H,18,19). The van der Waals surface area contributed by atoms with Crippen LogP contribution >= 0.6 is 11.6 Å². The van der Waals surface area contributed by atoms with Gasteiger partial charge in [-0.05, 0) is 29.8 Å². The van der Waals surface area contributed by atoms with E-state index in [1.165, 1.54) is 6.20 Å². The maximum atomic E-state index is 11.1. The van der Waals surface area contributed by atoms with Crippen LogP contribution in [0.15, 0.2) is 30.5 Å². The van der Waals surface area contributed by atoms with Gasteiger partial charge in [0.2, 0.25) is 0 Å². The Labute approximate surface area is 126 Å². The van der Waals surface area contributed by atoms with Crippen LogP contribution < -0.4 is 9.47 Å². The number of benzene rings is 1. The highest BCUT2D eigenvalue weighted by atomic mass is 35.5. The maximum absolute atomic E-state index is 11.1. The topological polar surface area (TPSA) is 68.7 Å². The third-order valence-corrected chi connectivity index (χ3v) is 3.40. The highest BCUT2D eigenvalue weighted by Gasteiger charge is 2.19. The number of aromatic carboxylic acids is 1. The summed E-state index contributed by atoms with van der Waals surface area (Å²) in [5.74, 6) is -0.130. The molecule has 2 heterocycles. The molecule has 0 bridgehead atoms. The summed E-state index contributed by atoms with van der Waals surface area (Å²) in [6.07, 6.45) is 2.23. The van der Waals surface area contributed by atoms with Crippen LogP contribution in [0, 0.1) is 0 Å². The average molecular weight is 306 g/mol. The number of hydrogen-bond donors (Lipinski definition) is 1. The number of pyridine rings is 1. The Morgan fingerprint density at radius 3 is 3.14 bits per heavy atom. The zero-order chi connectivity index (χ0) is 14.8. The van der Waals surface area contributed by atoms with Gasteiger partial charge in [0, 0.05) is 23.2 Å². The Hall–Kier alpha value is -2.27. The van der Waals surface area contributed by atoms with Crippen molar-refractivity contribution in [2.75, 3.05) is 6.61 Å². The lowest BCUT2D eigenvalue weighted by Gasteiger charge is -2.11.